The number of hydrogen-bond acceptors (Lipinski definition) is 4. The number of carbonyl (C=O) groups excluding carboxylic acids is 1. The number of hydrogen-bond donors (Lipinski definition) is 1. The molecule has 7 heteroatoms. The van der Waals surface area contributed by atoms with Gasteiger partial charge in [-0.25, -0.2) is 0 Å². The fourth-order valence-electron chi connectivity index (χ4n) is 4.22. The summed E-state index contributed by atoms with van der Waals surface area (Å²) >= 11 is 0. The minimum absolute atomic E-state index is 0. The van der Waals surface area contributed by atoms with Gasteiger partial charge in [-0.2, -0.15) is 0 Å². The zero-order valence-corrected chi connectivity index (χ0v) is 18.4. The Morgan fingerprint density at radius 3 is 2.36 bits per heavy atom. The van der Waals surface area contributed by atoms with E-state index in [-0.39, 0.29) is 42.7 Å². The van der Waals surface area contributed by atoms with Gasteiger partial charge in [-0.3, -0.25) is 4.79 Å². The second-order valence-electron chi connectivity index (χ2n) is 7.93. The van der Waals surface area contributed by atoms with Gasteiger partial charge in [0.05, 0.1) is 6.04 Å². The molecule has 0 bridgehead atoms. The van der Waals surface area contributed by atoms with E-state index in [9.17, 15) is 4.79 Å². The highest BCUT2D eigenvalue weighted by Gasteiger charge is 2.32. The number of nitrogens with two attached hydrogens (primary N) is 1. The van der Waals surface area contributed by atoms with Crippen molar-refractivity contribution in [1.82, 2.24) is 9.80 Å². The predicted octanol–water partition coefficient (Wildman–Crippen LogP) is 2.95. The molecule has 0 radical (unpaired) electrons. The molecule has 1 aromatic rings. The van der Waals surface area contributed by atoms with E-state index in [0.29, 0.717) is 5.92 Å². The summed E-state index contributed by atoms with van der Waals surface area (Å²) < 4.78 is 5.38. The molecule has 0 aromatic heterocycles. The molecule has 2 N–H and O–H groups in total. The van der Waals surface area contributed by atoms with Crippen molar-refractivity contribution in [3.05, 3.63) is 35.9 Å². The maximum atomic E-state index is 12.7. The highest BCUT2D eigenvalue weighted by atomic mass is 35.5. The number of rotatable bonds is 6. The highest BCUT2D eigenvalue weighted by Crippen LogP contribution is 2.23. The molecule has 2 heterocycles. The van der Waals surface area contributed by atoms with Crippen LogP contribution in [-0.4, -0.2) is 61.6 Å². The molecule has 1 atom stereocenters. The lowest BCUT2D eigenvalue weighted by Crippen LogP contribution is -2.51. The third-order valence-electron chi connectivity index (χ3n) is 5.85. The summed E-state index contributed by atoms with van der Waals surface area (Å²) in [5.74, 6) is 1.09. The monoisotopic (exact) mass is 431 g/mol. The minimum Gasteiger partial charge on any atom is -0.381 e. The Bertz CT molecular complexity index is 562. The van der Waals surface area contributed by atoms with Crippen LogP contribution < -0.4 is 5.73 Å². The molecule has 28 heavy (non-hydrogen) atoms. The first-order valence-electron chi connectivity index (χ1n) is 9.98. The Balaban J connectivity index is 0.00000196. The SMILES string of the molecule is CN(Cc1ccccc1)CC1CCN(C(=O)C(N)C2CCOCC2)CC1.Cl.Cl. The summed E-state index contributed by atoms with van der Waals surface area (Å²) in [7, 11) is 2.19. The first-order valence-corrected chi connectivity index (χ1v) is 9.98. The lowest BCUT2D eigenvalue weighted by molar-refractivity contribution is -0.136. The van der Waals surface area contributed by atoms with Crippen LogP contribution in [0.5, 0.6) is 0 Å². The van der Waals surface area contributed by atoms with Crippen LogP contribution in [0.15, 0.2) is 30.3 Å². The van der Waals surface area contributed by atoms with Gasteiger partial charge in [0.2, 0.25) is 5.91 Å². The number of likely N-dealkylation sites (tertiary alicyclic amines) is 1. The molecule has 1 aromatic carbocycles. The van der Waals surface area contributed by atoms with Crippen LogP contribution in [0.2, 0.25) is 0 Å². The minimum atomic E-state index is -0.351. The van der Waals surface area contributed by atoms with Gasteiger partial charge in [-0.05, 0) is 50.1 Å². The van der Waals surface area contributed by atoms with E-state index in [2.05, 4.69) is 42.3 Å². The predicted molar refractivity (Wildman–Crippen MR) is 118 cm³/mol. The Kier molecular flexibility index (Phi) is 11.4. The molecule has 2 aliphatic rings. The molecule has 0 aliphatic carbocycles. The molecule has 1 amide bonds. The van der Waals surface area contributed by atoms with Gasteiger partial charge < -0.3 is 20.3 Å². The molecule has 2 aliphatic heterocycles. The second-order valence-corrected chi connectivity index (χ2v) is 7.93. The third-order valence-corrected chi connectivity index (χ3v) is 5.85. The average molecular weight is 432 g/mol. The summed E-state index contributed by atoms with van der Waals surface area (Å²) in [6, 6.07) is 10.2. The maximum Gasteiger partial charge on any atom is 0.239 e. The van der Waals surface area contributed by atoms with Crippen LogP contribution in [0.4, 0.5) is 0 Å². The number of nitrogens with zero attached hydrogens (tertiary/aromatic N) is 2. The van der Waals surface area contributed by atoms with E-state index in [4.69, 9.17) is 10.5 Å². The van der Waals surface area contributed by atoms with Crippen LogP contribution in [0.3, 0.4) is 0 Å². The number of piperidine rings is 1. The van der Waals surface area contributed by atoms with E-state index in [1.165, 1.54) is 5.56 Å². The molecule has 2 saturated heterocycles. The van der Waals surface area contributed by atoms with E-state index < -0.39 is 0 Å². The van der Waals surface area contributed by atoms with E-state index >= 15 is 0 Å². The molecule has 0 spiro atoms. The Morgan fingerprint density at radius 2 is 1.75 bits per heavy atom. The van der Waals surface area contributed by atoms with Gasteiger partial charge in [0.15, 0.2) is 0 Å². The topological polar surface area (TPSA) is 58.8 Å². The summed E-state index contributed by atoms with van der Waals surface area (Å²) in [5.41, 5.74) is 7.62. The molecule has 1 unspecified atom stereocenters. The first kappa shape index (κ1) is 25.2. The zero-order valence-electron chi connectivity index (χ0n) is 16.8. The molecule has 3 rings (SSSR count). The quantitative estimate of drug-likeness (QED) is 0.751. The van der Waals surface area contributed by atoms with Crippen molar-refractivity contribution in [2.24, 2.45) is 17.6 Å². The number of benzene rings is 1. The molecular formula is C21H35Cl2N3O2. The van der Waals surface area contributed by atoms with E-state index in [0.717, 1.165) is 65.1 Å². The first-order chi connectivity index (χ1) is 12.6. The van der Waals surface area contributed by atoms with Gasteiger partial charge >= 0.3 is 0 Å². The van der Waals surface area contributed by atoms with Crippen LogP contribution in [0.1, 0.15) is 31.2 Å². The lowest BCUT2D eigenvalue weighted by Gasteiger charge is -2.37. The third kappa shape index (κ3) is 7.20. The Morgan fingerprint density at radius 1 is 1.14 bits per heavy atom. The normalized spacial score (nSPS) is 19.6. The summed E-state index contributed by atoms with van der Waals surface area (Å²) in [5, 5.41) is 0. The maximum absolute atomic E-state index is 12.7. The van der Waals surface area contributed by atoms with Crippen molar-refractivity contribution >= 4 is 30.7 Å². The van der Waals surface area contributed by atoms with Gasteiger partial charge in [-0.1, -0.05) is 30.3 Å². The van der Waals surface area contributed by atoms with Crippen LogP contribution in [0.25, 0.3) is 0 Å². The zero-order chi connectivity index (χ0) is 18.4. The Labute approximate surface area is 181 Å². The molecule has 2 fully saturated rings. The van der Waals surface area contributed by atoms with Gasteiger partial charge in [0.25, 0.3) is 0 Å². The molecular weight excluding hydrogens is 397 g/mol. The summed E-state index contributed by atoms with van der Waals surface area (Å²) in [4.78, 5) is 17.1. The van der Waals surface area contributed by atoms with E-state index in [1.54, 1.807) is 0 Å². The fourth-order valence-corrected chi connectivity index (χ4v) is 4.22. The lowest BCUT2D eigenvalue weighted by atomic mass is 9.90. The molecule has 0 saturated carbocycles. The van der Waals surface area contributed by atoms with Crippen molar-refractivity contribution in [3.8, 4) is 0 Å². The molecule has 160 valence electrons. The van der Waals surface area contributed by atoms with Crippen molar-refractivity contribution < 1.29 is 9.53 Å². The highest BCUT2D eigenvalue weighted by molar-refractivity contribution is 5.85. The van der Waals surface area contributed by atoms with E-state index in [1.807, 2.05) is 4.90 Å². The summed E-state index contributed by atoms with van der Waals surface area (Å²) in [6.45, 7) is 5.24. The number of ether oxygens (including phenoxy) is 1. The number of amides is 1. The molecule has 5 nitrogen and oxygen atoms in total. The van der Waals surface area contributed by atoms with Crippen molar-refractivity contribution in [2.45, 2.75) is 38.3 Å². The van der Waals surface area contributed by atoms with Crippen molar-refractivity contribution in [1.29, 1.82) is 0 Å². The van der Waals surface area contributed by atoms with Crippen molar-refractivity contribution in [2.75, 3.05) is 39.9 Å². The Hall–Kier alpha value is -0.850. The van der Waals surface area contributed by atoms with Gasteiger partial charge in [0.1, 0.15) is 0 Å². The van der Waals surface area contributed by atoms with Crippen molar-refractivity contribution in [3.63, 3.8) is 0 Å². The number of halogens is 2. The largest absolute Gasteiger partial charge is 0.381 e. The van der Waals surface area contributed by atoms with Crippen LogP contribution in [-0.2, 0) is 16.1 Å². The van der Waals surface area contributed by atoms with Gasteiger partial charge in [-0.15, -0.1) is 24.8 Å². The summed E-state index contributed by atoms with van der Waals surface area (Å²) in [6.07, 6.45) is 3.97. The average Bonchev–Trinajstić information content (AvgIpc) is 2.69. The smallest absolute Gasteiger partial charge is 0.239 e. The van der Waals surface area contributed by atoms with Gasteiger partial charge in [0, 0.05) is 39.4 Å². The standard InChI is InChI=1S/C21H33N3O2.2ClH/c1-23(15-17-5-3-2-4-6-17)16-18-7-11-24(12-8-18)21(25)20(22)19-9-13-26-14-10-19;;/h2-6,18-20H,7-16,22H2,1H3;2*1H. The van der Waals surface area contributed by atoms with Crippen LogP contribution >= 0.6 is 24.8 Å². The number of carbonyl (C=O) groups is 1. The fraction of sp³-hybridized carbons (Fsp3) is 0.667. The van der Waals surface area contributed by atoms with Crippen LogP contribution in [0, 0.1) is 11.8 Å². The second kappa shape index (κ2) is 12.7.